The summed E-state index contributed by atoms with van der Waals surface area (Å²) in [5, 5.41) is 6.59. The van der Waals surface area contributed by atoms with Gasteiger partial charge in [0.1, 0.15) is 5.66 Å². The monoisotopic (exact) mass is 329 g/mol. The summed E-state index contributed by atoms with van der Waals surface area (Å²) >= 11 is 0. The number of hydrogen-bond acceptors (Lipinski definition) is 7. The van der Waals surface area contributed by atoms with E-state index in [9.17, 15) is 4.79 Å². The first kappa shape index (κ1) is 16.3. The minimum atomic E-state index is -0.336. The van der Waals surface area contributed by atoms with Crippen LogP contribution in [-0.4, -0.2) is 30.2 Å². The summed E-state index contributed by atoms with van der Waals surface area (Å²) in [6.07, 6.45) is 5.40. The van der Waals surface area contributed by atoms with Crippen molar-refractivity contribution in [3.63, 3.8) is 0 Å². The molecule has 0 aromatic heterocycles. The Morgan fingerprint density at radius 1 is 1.29 bits per heavy atom. The van der Waals surface area contributed by atoms with Crippen LogP contribution < -0.4 is 16.4 Å². The fourth-order valence-corrected chi connectivity index (χ4v) is 3.11. The van der Waals surface area contributed by atoms with E-state index in [0.29, 0.717) is 24.1 Å². The van der Waals surface area contributed by atoms with E-state index in [2.05, 4.69) is 20.6 Å². The molecule has 0 amide bonds. The molecule has 1 saturated carbocycles. The molecule has 24 heavy (non-hydrogen) atoms. The summed E-state index contributed by atoms with van der Waals surface area (Å²) in [4.78, 5) is 20.4. The summed E-state index contributed by atoms with van der Waals surface area (Å²) < 4.78 is 4.98. The van der Waals surface area contributed by atoms with Gasteiger partial charge in [0, 0.05) is 5.69 Å². The lowest BCUT2D eigenvalue weighted by atomic mass is 9.89. The molecule has 2 aliphatic rings. The van der Waals surface area contributed by atoms with Crippen LogP contribution >= 0.6 is 0 Å². The minimum Gasteiger partial charge on any atom is -0.462 e. The third-order valence-electron chi connectivity index (χ3n) is 4.25. The smallest absolute Gasteiger partial charge is 0.338 e. The van der Waals surface area contributed by atoms with Crippen molar-refractivity contribution in [2.45, 2.75) is 44.7 Å². The van der Waals surface area contributed by atoms with Gasteiger partial charge in [0.2, 0.25) is 11.9 Å². The van der Waals surface area contributed by atoms with Crippen LogP contribution in [0.1, 0.15) is 49.4 Å². The molecule has 1 fully saturated rings. The lowest BCUT2D eigenvalue weighted by Gasteiger charge is -2.37. The highest BCUT2D eigenvalue weighted by molar-refractivity contribution is 6.03. The van der Waals surface area contributed by atoms with Crippen LogP contribution in [-0.2, 0) is 4.74 Å². The Labute approximate surface area is 141 Å². The molecule has 4 N–H and O–H groups in total. The largest absolute Gasteiger partial charge is 0.462 e. The highest BCUT2D eigenvalue weighted by atomic mass is 16.5. The number of ether oxygens (including phenoxy) is 1. The maximum Gasteiger partial charge on any atom is 0.338 e. The Morgan fingerprint density at radius 3 is 2.67 bits per heavy atom. The van der Waals surface area contributed by atoms with Gasteiger partial charge in [-0.05, 0) is 56.9 Å². The second kappa shape index (κ2) is 6.90. The molecule has 0 bridgehead atoms. The third kappa shape index (κ3) is 3.67. The number of carbonyl (C=O) groups excluding carboxylic acids is 1. The number of anilines is 1. The summed E-state index contributed by atoms with van der Waals surface area (Å²) in [5.41, 5.74) is 6.90. The molecule has 1 aromatic rings. The van der Waals surface area contributed by atoms with Crippen molar-refractivity contribution in [2.24, 2.45) is 15.7 Å². The number of nitrogens with zero attached hydrogens (tertiary/aromatic N) is 2. The van der Waals surface area contributed by atoms with Gasteiger partial charge in [0.15, 0.2) is 0 Å². The molecule has 128 valence electrons. The highest BCUT2D eigenvalue weighted by Gasteiger charge is 2.35. The van der Waals surface area contributed by atoms with Gasteiger partial charge in [0.05, 0.1) is 12.2 Å². The van der Waals surface area contributed by atoms with Gasteiger partial charge < -0.3 is 21.1 Å². The first-order valence-corrected chi connectivity index (χ1v) is 8.37. The van der Waals surface area contributed by atoms with Crippen molar-refractivity contribution in [1.29, 1.82) is 0 Å². The molecule has 7 nitrogen and oxygen atoms in total. The van der Waals surface area contributed by atoms with Crippen molar-refractivity contribution in [3.8, 4) is 0 Å². The summed E-state index contributed by atoms with van der Waals surface area (Å²) in [5.74, 6) is 0.560. The van der Waals surface area contributed by atoms with Gasteiger partial charge in [-0.25, -0.2) is 9.79 Å². The van der Waals surface area contributed by atoms with Crippen molar-refractivity contribution in [2.75, 3.05) is 11.9 Å². The lowest BCUT2D eigenvalue weighted by molar-refractivity contribution is 0.0526. The number of benzene rings is 1. The molecule has 1 aliphatic carbocycles. The highest BCUT2D eigenvalue weighted by Crippen LogP contribution is 2.30. The Bertz CT molecular complexity index is 660. The van der Waals surface area contributed by atoms with Crippen molar-refractivity contribution in [3.05, 3.63) is 29.8 Å². The molecule has 3 rings (SSSR count). The Kier molecular flexibility index (Phi) is 4.69. The second-order valence-corrected chi connectivity index (χ2v) is 6.07. The van der Waals surface area contributed by atoms with Gasteiger partial charge >= 0.3 is 5.97 Å². The zero-order valence-electron chi connectivity index (χ0n) is 13.8. The Balaban J connectivity index is 1.69. The quantitative estimate of drug-likeness (QED) is 0.738. The number of nitrogens with two attached hydrogens (primary N) is 1. The first-order chi connectivity index (χ1) is 11.6. The molecule has 0 unspecified atom stereocenters. The fourth-order valence-electron chi connectivity index (χ4n) is 3.11. The average molecular weight is 329 g/mol. The molecule has 0 radical (unpaired) electrons. The zero-order chi connectivity index (χ0) is 17.0. The molecule has 0 saturated heterocycles. The van der Waals surface area contributed by atoms with E-state index in [0.717, 1.165) is 31.4 Å². The van der Waals surface area contributed by atoms with Crippen molar-refractivity contribution >= 4 is 23.6 Å². The lowest BCUT2D eigenvalue weighted by Crippen LogP contribution is -2.54. The van der Waals surface area contributed by atoms with Crippen LogP contribution in [0.2, 0.25) is 0 Å². The van der Waals surface area contributed by atoms with Crippen LogP contribution in [0.5, 0.6) is 0 Å². The SMILES string of the molecule is CCOC(=O)c1ccc(NC2=NC(N)=NC3(CCCCC3)N2)cc1. The van der Waals surface area contributed by atoms with Gasteiger partial charge in [-0.3, -0.25) is 0 Å². The van der Waals surface area contributed by atoms with Crippen molar-refractivity contribution < 1.29 is 9.53 Å². The topological polar surface area (TPSA) is 101 Å². The molecular formula is C17H23N5O2. The van der Waals surface area contributed by atoms with Crippen molar-refractivity contribution in [1.82, 2.24) is 5.32 Å². The maximum absolute atomic E-state index is 11.7. The number of aliphatic imine (C=N–C) groups is 2. The number of nitrogens with one attached hydrogen (secondary N) is 2. The number of hydrogen-bond donors (Lipinski definition) is 3. The Hall–Kier alpha value is -2.57. The van der Waals surface area contributed by atoms with E-state index in [1.54, 1.807) is 19.1 Å². The number of esters is 1. The number of guanidine groups is 2. The molecule has 1 aromatic carbocycles. The van der Waals surface area contributed by atoms with Crippen LogP contribution in [0.4, 0.5) is 5.69 Å². The van der Waals surface area contributed by atoms with E-state index >= 15 is 0 Å². The molecule has 1 spiro atoms. The van der Waals surface area contributed by atoms with Gasteiger partial charge in [-0.2, -0.15) is 4.99 Å². The second-order valence-electron chi connectivity index (χ2n) is 6.07. The first-order valence-electron chi connectivity index (χ1n) is 8.37. The van der Waals surface area contributed by atoms with E-state index in [1.807, 2.05) is 12.1 Å². The van der Waals surface area contributed by atoms with E-state index < -0.39 is 0 Å². The predicted octanol–water partition coefficient (Wildman–Crippen LogP) is 2.21. The molecular weight excluding hydrogens is 306 g/mol. The standard InChI is InChI=1S/C17H23N5O2/c1-2-24-14(23)12-6-8-13(9-7-12)19-16-20-15(18)21-17(22-16)10-4-3-5-11-17/h6-9H,2-5,10-11H2,1H3,(H4,18,19,20,21,22). The van der Waals surface area contributed by atoms with Gasteiger partial charge in [-0.1, -0.05) is 6.42 Å². The fraction of sp³-hybridized carbons (Fsp3) is 0.471. The molecule has 1 heterocycles. The van der Waals surface area contributed by atoms with E-state index in [4.69, 9.17) is 10.5 Å². The number of carbonyl (C=O) groups is 1. The van der Waals surface area contributed by atoms with Gasteiger partial charge in [-0.15, -0.1) is 0 Å². The average Bonchev–Trinajstić information content (AvgIpc) is 2.55. The molecule has 7 heteroatoms. The van der Waals surface area contributed by atoms with Crippen LogP contribution in [0.25, 0.3) is 0 Å². The summed E-state index contributed by atoms with van der Waals surface area (Å²) in [6.45, 7) is 2.15. The van der Waals surface area contributed by atoms with E-state index in [1.165, 1.54) is 6.42 Å². The molecule has 1 aliphatic heterocycles. The summed E-state index contributed by atoms with van der Waals surface area (Å²) in [6, 6.07) is 7.06. The zero-order valence-corrected chi connectivity index (χ0v) is 13.8. The predicted molar refractivity (Wildman–Crippen MR) is 94.0 cm³/mol. The molecule has 0 atom stereocenters. The van der Waals surface area contributed by atoms with Crippen LogP contribution in [0, 0.1) is 0 Å². The normalized spacial score (nSPS) is 19.0. The maximum atomic E-state index is 11.7. The van der Waals surface area contributed by atoms with Crippen LogP contribution in [0.15, 0.2) is 34.3 Å². The van der Waals surface area contributed by atoms with Gasteiger partial charge in [0.25, 0.3) is 0 Å². The summed E-state index contributed by atoms with van der Waals surface area (Å²) in [7, 11) is 0. The minimum absolute atomic E-state index is 0.293. The Morgan fingerprint density at radius 2 is 2.00 bits per heavy atom. The van der Waals surface area contributed by atoms with Crippen LogP contribution in [0.3, 0.4) is 0 Å². The van der Waals surface area contributed by atoms with E-state index in [-0.39, 0.29) is 11.6 Å². The number of rotatable bonds is 3. The third-order valence-corrected chi connectivity index (χ3v) is 4.25.